The van der Waals surface area contributed by atoms with Crippen molar-refractivity contribution >= 4 is 27.5 Å². The van der Waals surface area contributed by atoms with Crippen LogP contribution in [0.1, 0.15) is 37.8 Å². The number of thiazole rings is 1. The molecule has 30 heavy (non-hydrogen) atoms. The van der Waals surface area contributed by atoms with Gasteiger partial charge in [0.15, 0.2) is 6.23 Å². The molecular weight excluding hydrogens is 396 g/mol. The van der Waals surface area contributed by atoms with E-state index >= 15 is 0 Å². The molecule has 1 fully saturated rings. The maximum atomic E-state index is 12.2. The summed E-state index contributed by atoms with van der Waals surface area (Å²) in [7, 11) is 0. The molecule has 1 N–H and O–H groups in total. The van der Waals surface area contributed by atoms with Crippen molar-refractivity contribution in [1.29, 1.82) is 0 Å². The minimum absolute atomic E-state index is 0.152. The predicted octanol–water partition coefficient (Wildman–Crippen LogP) is 4.79. The fourth-order valence-electron chi connectivity index (χ4n) is 3.41. The SMILES string of the molecule is CC(C)(C)C(=O)OC1NCC[C@@H]1COc1ccc(Cc2nc3ccccc3s2)cc1. The summed E-state index contributed by atoms with van der Waals surface area (Å²) >= 11 is 1.74. The van der Waals surface area contributed by atoms with Gasteiger partial charge in [-0.25, -0.2) is 4.98 Å². The molecule has 6 heteroatoms. The number of nitrogens with zero attached hydrogens (tertiary/aromatic N) is 1. The van der Waals surface area contributed by atoms with Crippen molar-refractivity contribution in [2.24, 2.45) is 11.3 Å². The van der Waals surface area contributed by atoms with Crippen LogP contribution < -0.4 is 10.1 Å². The number of aromatic nitrogens is 1. The van der Waals surface area contributed by atoms with E-state index in [-0.39, 0.29) is 18.1 Å². The van der Waals surface area contributed by atoms with Crippen LogP contribution in [0.4, 0.5) is 0 Å². The molecule has 158 valence electrons. The second-order valence-electron chi connectivity index (χ2n) is 8.79. The predicted molar refractivity (Wildman–Crippen MR) is 120 cm³/mol. The first kappa shape index (κ1) is 20.8. The van der Waals surface area contributed by atoms with Crippen molar-refractivity contribution in [3.8, 4) is 5.75 Å². The molecule has 0 aliphatic carbocycles. The first-order valence-corrected chi connectivity index (χ1v) is 11.2. The molecule has 4 rings (SSSR count). The van der Waals surface area contributed by atoms with Gasteiger partial charge in [0.1, 0.15) is 5.75 Å². The number of carbonyl (C=O) groups excluding carboxylic acids is 1. The first-order valence-electron chi connectivity index (χ1n) is 10.4. The Bertz CT molecular complexity index is 974. The van der Waals surface area contributed by atoms with Crippen LogP contribution in [0.5, 0.6) is 5.75 Å². The van der Waals surface area contributed by atoms with Gasteiger partial charge in [-0.15, -0.1) is 11.3 Å². The lowest BCUT2D eigenvalue weighted by Gasteiger charge is -2.24. The highest BCUT2D eigenvalue weighted by atomic mass is 32.1. The zero-order chi connectivity index (χ0) is 21.1. The Morgan fingerprint density at radius 2 is 1.93 bits per heavy atom. The largest absolute Gasteiger partial charge is 0.493 e. The van der Waals surface area contributed by atoms with Crippen LogP contribution >= 0.6 is 11.3 Å². The summed E-state index contributed by atoms with van der Waals surface area (Å²) in [6.45, 7) is 6.95. The fraction of sp³-hybridized carbons (Fsp3) is 0.417. The van der Waals surface area contributed by atoms with Gasteiger partial charge >= 0.3 is 5.97 Å². The van der Waals surface area contributed by atoms with Crippen LogP contribution in [0.2, 0.25) is 0 Å². The molecule has 1 unspecified atom stereocenters. The van der Waals surface area contributed by atoms with Gasteiger partial charge in [-0.1, -0.05) is 24.3 Å². The highest BCUT2D eigenvalue weighted by Gasteiger charge is 2.34. The van der Waals surface area contributed by atoms with Gasteiger partial charge in [0.25, 0.3) is 0 Å². The van der Waals surface area contributed by atoms with Gasteiger partial charge in [0.2, 0.25) is 0 Å². The number of fused-ring (bicyclic) bond motifs is 1. The maximum absolute atomic E-state index is 12.2. The van der Waals surface area contributed by atoms with Gasteiger partial charge in [-0.3, -0.25) is 10.1 Å². The van der Waals surface area contributed by atoms with Crippen LogP contribution in [-0.4, -0.2) is 30.3 Å². The Labute approximate surface area is 181 Å². The highest BCUT2D eigenvalue weighted by Crippen LogP contribution is 2.26. The van der Waals surface area contributed by atoms with Crippen LogP contribution in [0.3, 0.4) is 0 Å². The number of hydrogen-bond acceptors (Lipinski definition) is 6. The fourth-order valence-corrected chi connectivity index (χ4v) is 4.41. The van der Waals surface area contributed by atoms with E-state index in [0.717, 1.165) is 35.7 Å². The molecule has 1 aliphatic rings. The monoisotopic (exact) mass is 424 g/mol. The van der Waals surface area contributed by atoms with E-state index in [0.29, 0.717) is 6.61 Å². The van der Waals surface area contributed by atoms with Crippen LogP contribution in [-0.2, 0) is 16.0 Å². The lowest BCUT2D eigenvalue weighted by atomic mass is 9.97. The number of nitrogens with one attached hydrogen (secondary N) is 1. The third-order valence-corrected chi connectivity index (χ3v) is 6.25. The minimum Gasteiger partial charge on any atom is -0.493 e. The van der Waals surface area contributed by atoms with Gasteiger partial charge in [-0.2, -0.15) is 0 Å². The lowest BCUT2D eigenvalue weighted by molar-refractivity contribution is -0.162. The van der Waals surface area contributed by atoms with Crippen molar-refractivity contribution in [2.75, 3.05) is 13.2 Å². The topological polar surface area (TPSA) is 60.5 Å². The average molecular weight is 425 g/mol. The Morgan fingerprint density at radius 3 is 2.67 bits per heavy atom. The summed E-state index contributed by atoms with van der Waals surface area (Å²) in [6.07, 6.45) is 1.46. The molecule has 0 bridgehead atoms. The molecule has 2 aromatic carbocycles. The zero-order valence-electron chi connectivity index (χ0n) is 17.7. The normalized spacial score (nSPS) is 19.2. The highest BCUT2D eigenvalue weighted by molar-refractivity contribution is 7.18. The molecule has 2 heterocycles. The van der Waals surface area contributed by atoms with Crippen molar-refractivity contribution < 1.29 is 14.3 Å². The van der Waals surface area contributed by atoms with E-state index in [1.54, 1.807) is 11.3 Å². The van der Waals surface area contributed by atoms with E-state index in [9.17, 15) is 4.79 Å². The number of esters is 1. The van der Waals surface area contributed by atoms with E-state index in [4.69, 9.17) is 14.5 Å². The number of carbonyl (C=O) groups is 1. The molecule has 0 amide bonds. The lowest BCUT2D eigenvalue weighted by Crippen LogP contribution is -2.38. The third-order valence-electron chi connectivity index (χ3n) is 5.22. The molecule has 0 radical (unpaired) electrons. The molecule has 1 aliphatic heterocycles. The summed E-state index contributed by atoms with van der Waals surface area (Å²) in [5.41, 5.74) is 1.76. The number of rotatable bonds is 6. The van der Waals surface area contributed by atoms with Gasteiger partial charge < -0.3 is 9.47 Å². The molecule has 2 atom stereocenters. The number of benzene rings is 2. The smallest absolute Gasteiger partial charge is 0.312 e. The van der Waals surface area contributed by atoms with E-state index in [1.807, 2.05) is 45.0 Å². The summed E-state index contributed by atoms with van der Waals surface area (Å²) < 4.78 is 12.9. The number of hydrogen-bond donors (Lipinski definition) is 1. The van der Waals surface area contributed by atoms with E-state index in [2.05, 4.69) is 29.6 Å². The van der Waals surface area contributed by atoms with Crippen LogP contribution in [0.15, 0.2) is 48.5 Å². The Morgan fingerprint density at radius 1 is 1.17 bits per heavy atom. The van der Waals surface area contributed by atoms with Crippen LogP contribution in [0.25, 0.3) is 10.2 Å². The van der Waals surface area contributed by atoms with Crippen molar-refractivity contribution in [3.05, 3.63) is 59.1 Å². The average Bonchev–Trinajstić information content (AvgIpc) is 3.32. The number of para-hydroxylation sites is 1. The molecule has 1 aromatic heterocycles. The van der Waals surface area contributed by atoms with Gasteiger partial charge in [0.05, 0.1) is 27.2 Å². The van der Waals surface area contributed by atoms with Crippen molar-refractivity contribution in [3.63, 3.8) is 0 Å². The van der Waals surface area contributed by atoms with Gasteiger partial charge in [-0.05, 0) is 63.6 Å². The molecule has 0 spiro atoms. The molecule has 0 saturated carbocycles. The number of ether oxygens (including phenoxy) is 2. The molecule has 1 saturated heterocycles. The minimum atomic E-state index is -0.505. The van der Waals surface area contributed by atoms with E-state index in [1.165, 1.54) is 10.3 Å². The Hall–Kier alpha value is -2.44. The summed E-state index contributed by atoms with van der Waals surface area (Å²) in [5, 5.41) is 4.38. The second kappa shape index (κ2) is 8.74. The summed E-state index contributed by atoms with van der Waals surface area (Å²) in [4.78, 5) is 16.9. The van der Waals surface area contributed by atoms with Crippen molar-refractivity contribution in [1.82, 2.24) is 10.3 Å². The Balaban J connectivity index is 1.31. The first-order chi connectivity index (χ1) is 14.4. The summed E-state index contributed by atoms with van der Waals surface area (Å²) in [5.74, 6) is 0.792. The molecular formula is C24H28N2O3S. The summed E-state index contributed by atoms with van der Waals surface area (Å²) in [6, 6.07) is 16.4. The standard InChI is InChI=1S/C24H28N2O3S/c1-24(2,3)23(27)29-22-17(12-13-25-22)15-28-18-10-8-16(9-11-18)14-21-26-19-6-4-5-7-20(19)30-21/h4-11,17,22,25H,12-15H2,1-3H3/t17-,22?/m1/s1. The quantitative estimate of drug-likeness (QED) is 0.577. The second-order valence-corrected chi connectivity index (χ2v) is 9.90. The van der Waals surface area contributed by atoms with Crippen LogP contribution in [0, 0.1) is 11.3 Å². The zero-order valence-corrected chi connectivity index (χ0v) is 18.5. The molecule has 5 nitrogen and oxygen atoms in total. The Kier molecular flexibility index (Phi) is 6.06. The third kappa shape index (κ3) is 4.99. The van der Waals surface area contributed by atoms with Gasteiger partial charge in [0, 0.05) is 12.3 Å². The maximum Gasteiger partial charge on any atom is 0.312 e. The van der Waals surface area contributed by atoms with E-state index < -0.39 is 5.41 Å². The van der Waals surface area contributed by atoms with Crippen molar-refractivity contribution in [2.45, 2.75) is 39.8 Å². The molecule has 3 aromatic rings.